The Bertz CT molecular complexity index is 2930. The number of hydrogen-bond donors (Lipinski definition) is 0. The van der Waals surface area contributed by atoms with Crippen LogP contribution < -0.4 is 0 Å². The Balaban J connectivity index is 1.35. The van der Waals surface area contributed by atoms with Crippen LogP contribution >= 0.6 is 0 Å². The molecule has 1 aliphatic rings. The molecule has 0 saturated carbocycles. The highest BCUT2D eigenvalue weighted by Crippen LogP contribution is 2.52. The molecule has 4 heteroatoms. The van der Waals surface area contributed by atoms with E-state index in [1.165, 1.54) is 21.9 Å². The topological polar surface area (TPSA) is 57.4 Å². The first-order valence-corrected chi connectivity index (χ1v) is 17.6. The van der Waals surface area contributed by atoms with Crippen LogP contribution in [0.2, 0.25) is 0 Å². The van der Waals surface area contributed by atoms with Crippen LogP contribution in [0.25, 0.3) is 71.7 Å². The van der Waals surface area contributed by atoms with E-state index in [-0.39, 0.29) is 5.41 Å². The lowest BCUT2D eigenvalue weighted by Crippen LogP contribution is -2.18. The van der Waals surface area contributed by atoms with Gasteiger partial charge in [-0.25, -0.2) is 0 Å². The minimum atomic E-state index is -0.328. The van der Waals surface area contributed by atoms with Gasteiger partial charge >= 0.3 is 0 Å². The van der Waals surface area contributed by atoms with Gasteiger partial charge in [-0.1, -0.05) is 118 Å². The number of fused-ring (bicyclic) bond motifs is 8. The zero-order valence-corrected chi connectivity index (χ0v) is 29.3. The van der Waals surface area contributed by atoms with Crippen LogP contribution in [-0.2, 0) is 5.41 Å². The number of hydrogen-bond acceptors (Lipinski definition) is 2. The van der Waals surface area contributed by atoms with Gasteiger partial charge in [0.15, 0.2) is 0 Å². The van der Waals surface area contributed by atoms with E-state index in [0.717, 1.165) is 66.5 Å². The average Bonchev–Trinajstić information content (AvgIpc) is 3.77. The third-order valence-electron chi connectivity index (χ3n) is 10.9. The lowest BCUT2D eigenvalue weighted by molar-refractivity contribution is 0.657. The van der Waals surface area contributed by atoms with Crippen LogP contribution in [-0.4, -0.2) is 9.13 Å². The van der Waals surface area contributed by atoms with Gasteiger partial charge in [0.05, 0.1) is 51.0 Å². The fourth-order valence-electron chi connectivity index (χ4n) is 8.68. The van der Waals surface area contributed by atoms with Gasteiger partial charge in [0.1, 0.15) is 0 Å². The quantitative estimate of drug-likeness (QED) is 0.184. The largest absolute Gasteiger partial charge is 0.309 e. The highest BCUT2D eigenvalue weighted by Gasteiger charge is 2.39. The van der Waals surface area contributed by atoms with Crippen molar-refractivity contribution in [1.82, 2.24) is 9.13 Å². The predicted octanol–water partition coefficient (Wildman–Crippen LogP) is 12.1. The molecule has 6 aromatic carbocycles. The summed E-state index contributed by atoms with van der Waals surface area (Å²) in [5, 5.41) is 25.6. The van der Waals surface area contributed by atoms with E-state index >= 15 is 0 Å². The van der Waals surface area contributed by atoms with Crippen molar-refractivity contribution in [3.05, 3.63) is 174 Å². The molecule has 2 aromatic heterocycles. The third kappa shape index (κ3) is 4.25. The first-order chi connectivity index (χ1) is 25.4. The molecular weight excluding hydrogens is 633 g/mol. The lowest BCUT2D eigenvalue weighted by atomic mass is 9.80. The van der Waals surface area contributed by atoms with Crippen molar-refractivity contribution < 1.29 is 0 Å². The summed E-state index contributed by atoms with van der Waals surface area (Å²) in [5.41, 5.74) is 13.3. The van der Waals surface area contributed by atoms with Crippen LogP contribution in [0.15, 0.2) is 152 Å². The van der Waals surface area contributed by atoms with E-state index < -0.39 is 0 Å². The highest BCUT2D eigenvalue weighted by molar-refractivity contribution is 6.14. The number of rotatable bonds is 5. The summed E-state index contributed by atoms with van der Waals surface area (Å²) in [5.74, 6) is 0. The fraction of sp³-hybridized carbons (Fsp3) is 0.0833. The SMILES string of the molecule is C=CC1=C(/C=C\C)C(C)(C)c2c1ccc1c3ccccc3n(-c3cc(C#N)ccc3-c3ccc(-n4c5ccccc5c5ccccc54)cc3C#N)c21. The Hall–Kier alpha value is -6.88. The Kier molecular flexibility index (Phi) is 6.94. The molecule has 4 nitrogen and oxygen atoms in total. The summed E-state index contributed by atoms with van der Waals surface area (Å²) in [6, 6.07) is 46.6. The summed E-state index contributed by atoms with van der Waals surface area (Å²) >= 11 is 0. The molecule has 0 spiro atoms. The number of para-hydroxylation sites is 3. The van der Waals surface area contributed by atoms with Gasteiger partial charge in [0, 0.05) is 43.8 Å². The fourth-order valence-corrected chi connectivity index (χ4v) is 8.68. The van der Waals surface area contributed by atoms with Gasteiger partial charge in [-0.3, -0.25) is 0 Å². The Morgan fingerprint density at radius 2 is 1.23 bits per heavy atom. The molecule has 8 aromatic rings. The maximum atomic E-state index is 10.8. The minimum absolute atomic E-state index is 0.328. The molecular formula is C48H34N4. The van der Waals surface area contributed by atoms with E-state index in [1.54, 1.807) is 0 Å². The molecule has 52 heavy (non-hydrogen) atoms. The van der Waals surface area contributed by atoms with E-state index in [0.29, 0.717) is 11.1 Å². The van der Waals surface area contributed by atoms with Crippen molar-refractivity contribution >= 4 is 49.2 Å². The number of nitrogens with zero attached hydrogens (tertiary/aromatic N) is 4. The predicted molar refractivity (Wildman–Crippen MR) is 215 cm³/mol. The average molecular weight is 667 g/mol. The lowest BCUT2D eigenvalue weighted by Gasteiger charge is -2.25. The van der Waals surface area contributed by atoms with Crippen molar-refractivity contribution in [3.8, 4) is 34.6 Å². The van der Waals surface area contributed by atoms with Crippen molar-refractivity contribution in [2.24, 2.45) is 0 Å². The van der Waals surface area contributed by atoms with Crippen LogP contribution in [0.1, 0.15) is 43.0 Å². The molecule has 0 bridgehead atoms. The summed E-state index contributed by atoms with van der Waals surface area (Å²) in [4.78, 5) is 0. The second kappa shape index (κ2) is 11.6. The Labute approximate surface area is 302 Å². The van der Waals surface area contributed by atoms with E-state index in [4.69, 9.17) is 0 Å². The summed E-state index contributed by atoms with van der Waals surface area (Å²) in [6.07, 6.45) is 6.27. The second-order valence-electron chi connectivity index (χ2n) is 13.9. The summed E-state index contributed by atoms with van der Waals surface area (Å²) < 4.78 is 4.56. The molecule has 0 fully saturated rings. The monoisotopic (exact) mass is 666 g/mol. The highest BCUT2D eigenvalue weighted by atomic mass is 15.0. The molecule has 0 unspecified atom stereocenters. The minimum Gasteiger partial charge on any atom is -0.309 e. The molecule has 9 rings (SSSR count). The molecule has 2 heterocycles. The Morgan fingerprint density at radius 1 is 0.635 bits per heavy atom. The van der Waals surface area contributed by atoms with E-state index in [2.05, 4.69) is 158 Å². The first-order valence-electron chi connectivity index (χ1n) is 17.6. The number of aromatic nitrogens is 2. The normalized spacial score (nSPS) is 13.7. The zero-order valence-electron chi connectivity index (χ0n) is 29.3. The van der Waals surface area contributed by atoms with E-state index in [1.807, 2.05) is 30.3 Å². The van der Waals surface area contributed by atoms with Gasteiger partial charge in [-0.15, -0.1) is 0 Å². The molecule has 246 valence electrons. The van der Waals surface area contributed by atoms with Crippen molar-refractivity contribution in [1.29, 1.82) is 10.5 Å². The van der Waals surface area contributed by atoms with Crippen LogP contribution in [0.5, 0.6) is 0 Å². The van der Waals surface area contributed by atoms with Gasteiger partial charge in [-0.2, -0.15) is 10.5 Å². The number of benzene rings is 6. The molecule has 0 radical (unpaired) electrons. The van der Waals surface area contributed by atoms with Crippen LogP contribution in [0.3, 0.4) is 0 Å². The smallest absolute Gasteiger partial charge is 0.0998 e. The second-order valence-corrected chi connectivity index (χ2v) is 13.9. The number of allylic oxidation sites excluding steroid dienone is 5. The Morgan fingerprint density at radius 3 is 1.85 bits per heavy atom. The first kappa shape index (κ1) is 31.1. The van der Waals surface area contributed by atoms with Gasteiger partial charge in [0.2, 0.25) is 0 Å². The third-order valence-corrected chi connectivity index (χ3v) is 10.9. The van der Waals surface area contributed by atoms with E-state index in [9.17, 15) is 10.5 Å². The standard InChI is InChI=1S/C48H34N4/c1-5-13-41-33(6-2)39-24-25-40-37-16-9-12-19-44(37)52(47(40)46(39)48(41,3)4)45-26-30(28-49)20-22-38(45)34-23-21-32(27-31(34)29-50)51-42-17-10-7-14-35(42)36-15-8-11-18-43(36)51/h5-27H,2H2,1,3-4H3/b13-5-. The van der Waals surface area contributed by atoms with Gasteiger partial charge < -0.3 is 9.13 Å². The molecule has 0 atom stereocenters. The van der Waals surface area contributed by atoms with Crippen molar-refractivity contribution in [2.45, 2.75) is 26.2 Å². The summed E-state index contributed by atoms with van der Waals surface area (Å²) in [6.45, 7) is 10.9. The molecule has 0 N–H and O–H groups in total. The molecule has 1 aliphatic carbocycles. The van der Waals surface area contributed by atoms with Crippen LogP contribution in [0.4, 0.5) is 0 Å². The van der Waals surface area contributed by atoms with Crippen molar-refractivity contribution in [3.63, 3.8) is 0 Å². The molecule has 0 saturated heterocycles. The summed E-state index contributed by atoms with van der Waals surface area (Å²) in [7, 11) is 0. The maximum absolute atomic E-state index is 10.8. The zero-order chi connectivity index (χ0) is 35.7. The van der Waals surface area contributed by atoms with Crippen molar-refractivity contribution in [2.75, 3.05) is 0 Å². The van der Waals surface area contributed by atoms with Gasteiger partial charge in [-0.05, 0) is 71.7 Å². The van der Waals surface area contributed by atoms with Crippen LogP contribution in [0, 0.1) is 22.7 Å². The molecule has 0 aliphatic heterocycles. The maximum Gasteiger partial charge on any atom is 0.0998 e. The molecule has 0 amide bonds. The van der Waals surface area contributed by atoms with Gasteiger partial charge in [0.25, 0.3) is 0 Å². The number of nitriles is 2.